The minimum atomic E-state index is -0.718. The minimum absolute atomic E-state index is 0.397. The molecule has 0 fully saturated rings. The molecule has 0 N–H and O–H groups in total. The van der Waals surface area contributed by atoms with Gasteiger partial charge in [-0.25, -0.2) is 4.39 Å². The third-order valence-corrected chi connectivity index (χ3v) is 0.994. The van der Waals surface area contributed by atoms with Gasteiger partial charge in [-0.2, -0.15) is 0 Å². The maximum atomic E-state index is 12.3. The Bertz CT molecular complexity index is 59.4. The van der Waals surface area contributed by atoms with Crippen molar-refractivity contribution in [2.75, 3.05) is 0 Å². The van der Waals surface area contributed by atoms with Gasteiger partial charge < -0.3 is 0 Å². The largest absolute Gasteiger partial charge is 0.247 e. The van der Waals surface area contributed by atoms with Gasteiger partial charge in [0.1, 0.15) is 6.17 Å². The lowest BCUT2D eigenvalue weighted by atomic mass is 10.2. The van der Waals surface area contributed by atoms with Crippen LogP contribution in [0.15, 0.2) is 6.08 Å². The van der Waals surface area contributed by atoms with Crippen molar-refractivity contribution in [3.63, 3.8) is 0 Å². The van der Waals surface area contributed by atoms with E-state index in [4.69, 9.17) is 6.58 Å². The van der Waals surface area contributed by atoms with E-state index in [1.165, 1.54) is 6.08 Å². The summed E-state index contributed by atoms with van der Waals surface area (Å²) < 4.78 is 12.3. The quantitative estimate of drug-likeness (QED) is 0.528. The van der Waals surface area contributed by atoms with Crippen molar-refractivity contribution in [2.45, 2.75) is 32.4 Å². The van der Waals surface area contributed by atoms with E-state index in [9.17, 15) is 4.39 Å². The predicted molar refractivity (Wildman–Crippen MR) is 33.3 cm³/mol. The summed E-state index contributed by atoms with van der Waals surface area (Å²) in [4.78, 5) is 0. The van der Waals surface area contributed by atoms with E-state index in [0.29, 0.717) is 12.8 Å². The van der Waals surface area contributed by atoms with Gasteiger partial charge in [0.25, 0.3) is 0 Å². The second-order valence-electron chi connectivity index (χ2n) is 1.86. The van der Waals surface area contributed by atoms with Gasteiger partial charge in [0.15, 0.2) is 0 Å². The van der Waals surface area contributed by atoms with Crippen molar-refractivity contribution in [2.24, 2.45) is 0 Å². The van der Waals surface area contributed by atoms with Gasteiger partial charge in [-0.05, 0) is 12.8 Å². The van der Waals surface area contributed by atoms with E-state index in [1.54, 1.807) is 0 Å². The molecule has 8 heavy (non-hydrogen) atoms. The SMILES string of the molecule is [CH]=CCC(F)CCC. The molecule has 0 aromatic carbocycles. The summed E-state index contributed by atoms with van der Waals surface area (Å²) in [5.41, 5.74) is 0. The summed E-state index contributed by atoms with van der Waals surface area (Å²) in [5.74, 6) is 0. The van der Waals surface area contributed by atoms with E-state index in [0.717, 1.165) is 6.42 Å². The standard InChI is InChI=1S/C7H12F/c1-3-5-7(8)6-4-2/h1,3,7H,4-6H2,2H3. The molecule has 0 saturated heterocycles. The average molecular weight is 115 g/mol. The maximum absolute atomic E-state index is 12.3. The lowest BCUT2D eigenvalue weighted by molar-refractivity contribution is 0.315. The van der Waals surface area contributed by atoms with Gasteiger partial charge in [-0.15, -0.1) is 0 Å². The van der Waals surface area contributed by atoms with Crippen LogP contribution in [0.3, 0.4) is 0 Å². The summed E-state index contributed by atoms with van der Waals surface area (Å²) in [6.07, 6.45) is 2.58. The maximum Gasteiger partial charge on any atom is 0.104 e. The number of allylic oxidation sites excluding steroid dienone is 1. The highest BCUT2D eigenvalue weighted by Gasteiger charge is 1.99. The molecule has 0 bridgehead atoms. The zero-order valence-electron chi connectivity index (χ0n) is 5.23. The van der Waals surface area contributed by atoms with Crippen molar-refractivity contribution >= 4 is 0 Å². The number of rotatable bonds is 4. The van der Waals surface area contributed by atoms with Gasteiger partial charge >= 0.3 is 0 Å². The van der Waals surface area contributed by atoms with Gasteiger partial charge in [0.05, 0.1) is 0 Å². The predicted octanol–water partition coefficient (Wildman–Crippen LogP) is 2.50. The molecule has 0 aliphatic carbocycles. The Hall–Kier alpha value is -0.330. The lowest BCUT2D eigenvalue weighted by Gasteiger charge is -1.99. The molecular formula is C7H12F. The summed E-state index contributed by atoms with van der Waals surface area (Å²) >= 11 is 0. The molecule has 0 heterocycles. The molecule has 1 heteroatoms. The van der Waals surface area contributed by atoms with Crippen LogP contribution in [0.1, 0.15) is 26.2 Å². The first-order chi connectivity index (χ1) is 3.81. The highest BCUT2D eigenvalue weighted by Crippen LogP contribution is 2.05. The summed E-state index contributed by atoms with van der Waals surface area (Å²) in [7, 11) is 0. The van der Waals surface area contributed by atoms with Gasteiger partial charge in [0.2, 0.25) is 0 Å². The highest BCUT2D eigenvalue weighted by atomic mass is 19.1. The highest BCUT2D eigenvalue weighted by molar-refractivity contribution is 4.68. The number of hydrogen-bond donors (Lipinski definition) is 0. The Morgan fingerprint density at radius 2 is 2.38 bits per heavy atom. The zero-order valence-corrected chi connectivity index (χ0v) is 5.23. The first-order valence-corrected chi connectivity index (χ1v) is 2.98. The molecular weight excluding hydrogens is 103 g/mol. The van der Waals surface area contributed by atoms with E-state index in [2.05, 4.69) is 0 Å². The fourth-order valence-electron chi connectivity index (χ4n) is 0.579. The second-order valence-corrected chi connectivity index (χ2v) is 1.86. The van der Waals surface area contributed by atoms with Gasteiger partial charge in [-0.3, -0.25) is 0 Å². The number of halogens is 1. The van der Waals surface area contributed by atoms with Crippen LogP contribution in [0.25, 0.3) is 0 Å². The van der Waals surface area contributed by atoms with Crippen LogP contribution in [0.2, 0.25) is 0 Å². The van der Waals surface area contributed by atoms with E-state index >= 15 is 0 Å². The van der Waals surface area contributed by atoms with Gasteiger partial charge in [-0.1, -0.05) is 26.0 Å². The number of alkyl halides is 1. The summed E-state index contributed by atoms with van der Waals surface area (Å²) in [6.45, 7) is 6.96. The third kappa shape index (κ3) is 3.85. The first-order valence-electron chi connectivity index (χ1n) is 2.98. The van der Waals surface area contributed by atoms with E-state index in [1.807, 2.05) is 6.92 Å². The Morgan fingerprint density at radius 1 is 1.75 bits per heavy atom. The van der Waals surface area contributed by atoms with Crippen molar-refractivity contribution in [3.05, 3.63) is 12.7 Å². The molecule has 0 aromatic heterocycles. The smallest absolute Gasteiger partial charge is 0.104 e. The molecule has 0 aromatic rings. The molecule has 0 rings (SSSR count). The van der Waals surface area contributed by atoms with E-state index < -0.39 is 6.17 Å². The van der Waals surface area contributed by atoms with E-state index in [-0.39, 0.29) is 0 Å². The van der Waals surface area contributed by atoms with Crippen LogP contribution < -0.4 is 0 Å². The van der Waals surface area contributed by atoms with Crippen LogP contribution in [0.5, 0.6) is 0 Å². The Balaban J connectivity index is 3.03. The van der Waals surface area contributed by atoms with Crippen LogP contribution >= 0.6 is 0 Å². The normalized spacial score (nSPS) is 13.2. The summed E-state index contributed by atoms with van der Waals surface area (Å²) in [6, 6.07) is 0. The molecule has 0 nitrogen and oxygen atoms in total. The fourth-order valence-corrected chi connectivity index (χ4v) is 0.579. The molecule has 0 aliphatic rings. The third-order valence-electron chi connectivity index (χ3n) is 0.994. The van der Waals surface area contributed by atoms with Crippen LogP contribution in [-0.4, -0.2) is 6.17 Å². The minimum Gasteiger partial charge on any atom is -0.247 e. The molecule has 1 atom stereocenters. The monoisotopic (exact) mass is 115 g/mol. The Morgan fingerprint density at radius 3 is 2.75 bits per heavy atom. The average Bonchev–Trinajstić information content (AvgIpc) is 1.68. The molecule has 47 valence electrons. The van der Waals surface area contributed by atoms with Crippen molar-refractivity contribution < 1.29 is 4.39 Å². The Labute approximate surface area is 50.4 Å². The molecule has 0 aliphatic heterocycles. The van der Waals surface area contributed by atoms with Crippen molar-refractivity contribution in [1.82, 2.24) is 0 Å². The van der Waals surface area contributed by atoms with Crippen LogP contribution in [0, 0.1) is 6.58 Å². The fraction of sp³-hybridized carbons (Fsp3) is 0.714. The van der Waals surface area contributed by atoms with Crippen molar-refractivity contribution in [1.29, 1.82) is 0 Å². The first kappa shape index (κ1) is 7.67. The topological polar surface area (TPSA) is 0 Å². The summed E-state index contributed by atoms with van der Waals surface area (Å²) in [5, 5.41) is 0. The molecule has 1 radical (unpaired) electrons. The zero-order chi connectivity index (χ0) is 6.41. The number of hydrogen-bond acceptors (Lipinski definition) is 0. The molecule has 0 amide bonds. The molecule has 0 saturated carbocycles. The lowest BCUT2D eigenvalue weighted by Crippen LogP contribution is -1.95. The molecule has 0 spiro atoms. The van der Waals surface area contributed by atoms with Crippen LogP contribution in [-0.2, 0) is 0 Å². The molecule has 1 unspecified atom stereocenters. The van der Waals surface area contributed by atoms with Crippen LogP contribution in [0.4, 0.5) is 4.39 Å². The second kappa shape index (κ2) is 4.82. The Kier molecular flexibility index (Phi) is 4.62. The van der Waals surface area contributed by atoms with Crippen molar-refractivity contribution in [3.8, 4) is 0 Å². The van der Waals surface area contributed by atoms with Gasteiger partial charge in [0, 0.05) is 0 Å².